The summed E-state index contributed by atoms with van der Waals surface area (Å²) in [5.74, 6) is -6.35. The molecule has 0 aliphatic carbocycles. The van der Waals surface area contributed by atoms with Gasteiger partial charge in [-0.15, -0.1) is 0 Å². The molecule has 0 atom stereocenters. The molecule has 0 radical (unpaired) electrons. The molecule has 0 aliphatic heterocycles. The lowest BCUT2D eigenvalue weighted by Gasteiger charge is -2.02. The maximum atomic E-state index is 10.6. The lowest BCUT2D eigenvalue weighted by atomic mass is 10.0. The first kappa shape index (κ1) is 41.4. The third-order valence-corrected chi connectivity index (χ3v) is 2.28. The van der Waals surface area contributed by atoms with Crippen LogP contribution in [0.3, 0.4) is 0 Å². The molecule has 0 bridgehead atoms. The minimum Gasteiger partial charge on any atom is -0.481 e. The minimum atomic E-state index is -3.67. The number of hydrogen-bond acceptors (Lipinski definition) is 11. The summed E-state index contributed by atoms with van der Waals surface area (Å²) in [6.45, 7) is 0. The van der Waals surface area contributed by atoms with Gasteiger partial charge in [0.1, 0.15) is 0 Å². The fourth-order valence-electron chi connectivity index (χ4n) is 1.25. The van der Waals surface area contributed by atoms with Crippen LogP contribution in [-0.4, -0.2) is 113 Å². The monoisotopic (exact) mass is 616 g/mol. The van der Waals surface area contributed by atoms with E-state index in [1.165, 1.54) is 0 Å². The second-order valence-corrected chi connectivity index (χ2v) is 10.6. The number of rotatable bonds is 6. The highest BCUT2D eigenvalue weighted by atomic mass is 32.2. The molecule has 1 aromatic carbocycles. The molecule has 19 nitrogen and oxygen atoms in total. The van der Waals surface area contributed by atoms with E-state index in [4.69, 9.17) is 39.2 Å². The number of benzene rings is 1. The van der Waals surface area contributed by atoms with E-state index in [-0.39, 0.29) is 18.4 Å². The Balaban J connectivity index is -0.000000212. The zero-order chi connectivity index (χ0) is 31.7. The van der Waals surface area contributed by atoms with Gasteiger partial charge in [0.2, 0.25) is 0 Å². The number of aliphatic carboxylic acids is 2. The van der Waals surface area contributed by atoms with Gasteiger partial charge in [-0.25, -0.2) is 14.4 Å². The average molecular weight is 617 g/mol. The van der Waals surface area contributed by atoms with Crippen LogP contribution in [-0.2, 0) is 39.9 Å². The summed E-state index contributed by atoms with van der Waals surface area (Å²) in [5.41, 5.74) is -1.24. The van der Waals surface area contributed by atoms with Crippen molar-refractivity contribution < 1.29 is 88.4 Å². The fourth-order valence-corrected chi connectivity index (χ4v) is 1.25. The van der Waals surface area contributed by atoms with E-state index in [1.54, 1.807) is 0 Å². The van der Waals surface area contributed by atoms with Crippen LogP contribution in [0.25, 0.3) is 0 Å². The summed E-state index contributed by atoms with van der Waals surface area (Å²) in [5, 5.41) is 41.7. The van der Waals surface area contributed by atoms with Crippen LogP contribution in [0.4, 0.5) is 0 Å². The summed E-state index contributed by atoms with van der Waals surface area (Å²) >= 11 is 0. The van der Waals surface area contributed by atoms with Crippen molar-refractivity contribution in [1.82, 2.24) is 0 Å². The van der Waals surface area contributed by atoms with Crippen molar-refractivity contribution in [3.8, 4) is 0 Å². The van der Waals surface area contributed by atoms with Crippen LogP contribution >= 0.6 is 0 Å². The van der Waals surface area contributed by atoms with Gasteiger partial charge in [-0.05, 0) is 18.2 Å². The first-order valence-corrected chi connectivity index (χ1v) is 14.2. The topological polar surface area (TPSA) is 350 Å². The lowest BCUT2D eigenvalue weighted by molar-refractivity contribution is -0.143. The van der Waals surface area contributed by atoms with E-state index in [0.29, 0.717) is 18.8 Å². The highest BCUT2D eigenvalue weighted by Gasteiger charge is 2.17. The summed E-state index contributed by atoms with van der Waals surface area (Å²) < 4.78 is 77.6. The standard InChI is InChI=1S/C9H6O6.C4H6O4.3CH4O3S/c10-7(11)4-1-2-5(8(12)13)6(3-4)9(14)15;5-3(6)1-2-4(7)8;3*1-5(2,3)4/h1-3H,(H,10,11)(H,12,13)(H,14,15);1-2H2,(H,5,6)(H,7,8);3*1H3,(H,2,3,4). The van der Waals surface area contributed by atoms with Crippen molar-refractivity contribution in [3.63, 3.8) is 0 Å². The number of hydrogen-bond donors (Lipinski definition) is 8. The van der Waals surface area contributed by atoms with Gasteiger partial charge >= 0.3 is 29.8 Å². The van der Waals surface area contributed by atoms with Gasteiger partial charge in [0, 0.05) is 0 Å². The number of carbonyl (C=O) groups is 5. The molecule has 0 spiro atoms. The Morgan fingerprint density at radius 3 is 1.00 bits per heavy atom. The maximum absolute atomic E-state index is 10.6. The van der Waals surface area contributed by atoms with E-state index in [1.807, 2.05) is 0 Å². The SMILES string of the molecule is CS(=O)(=O)O.CS(=O)(=O)O.CS(=O)(=O)O.O=C(O)CCC(=O)O.O=C(O)c1ccc(C(=O)O)c(C(=O)O)c1. The second kappa shape index (κ2) is 18.5. The molecule has 0 fully saturated rings. The molecular formula is C16H24O19S3. The van der Waals surface area contributed by atoms with E-state index >= 15 is 0 Å². The Hall–Kier alpha value is -3.70. The lowest BCUT2D eigenvalue weighted by Crippen LogP contribution is -2.10. The maximum Gasteiger partial charge on any atom is 0.336 e. The van der Waals surface area contributed by atoms with Crippen molar-refractivity contribution in [3.05, 3.63) is 34.9 Å². The summed E-state index contributed by atoms with van der Waals surface area (Å²) in [4.78, 5) is 51.0. The van der Waals surface area contributed by atoms with Crippen LogP contribution in [0.15, 0.2) is 18.2 Å². The normalized spacial score (nSPS) is 10.2. The second-order valence-electron chi connectivity index (χ2n) is 6.16. The molecule has 0 aromatic heterocycles. The third-order valence-electron chi connectivity index (χ3n) is 2.28. The highest BCUT2D eigenvalue weighted by Crippen LogP contribution is 2.12. The van der Waals surface area contributed by atoms with Gasteiger partial charge in [0.15, 0.2) is 0 Å². The van der Waals surface area contributed by atoms with E-state index < -0.39 is 71.3 Å². The quantitative estimate of drug-likeness (QED) is 0.182. The van der Waals surface area contributed by atoms with Crippen molar-refractivity contribution in [2.75, 3.05) is 18.8 Å². The molecule has 0 amide bonds. The third kappa shape index (κ3) is 45.7. The van der Waals surface area contributed by atoms with Crippen LogP contribution < -0.4 is 0 Å². The zero-order valence-electron chi connectivity index (χ0n) is 19.4. The average Bonchev–Trinajstić information content (AvgIpc) is 2.62. The Morgan fingerprint density at radius 2 is 0.816 bits per heavy atom. The smallest absolute Gasteiger partial charge is 0.336 e. The summed E-state index contributed by atoms with van der Waals surface area (Å²) in [7, 11) is -11.0. The van der Waals surface area contributed by atoms with Gasteiger partial charge in [0.05, 0.1) is 48.3 Å². The molecule has 1 rings (SSSR count). The summed E-state index contributed by atoms with van der Waals surface area (Å²) in [6.07, 6.45) is 1.55. The molecule has 1 aromatic rings. The van der Waals surface area contributed by atoms with Gasteiger partial charge in [-0.3, -0.25) is 23.2 Å². The molecule has 0 heterocycles. The van der Waals surface area contributed by atoms with Crippen molar-refractivity contribution >= 4 is 60.2 Å². The largest absolute Gasteiger partial charge is 0.481 e. The molecule has 8 N–H and O–H groups in total. The first-order valence-electron chi connectivity index (χ1n) is 8.61. The molecule has 0 saturated carbocycles. The molecule has 38 heavy (non-hydrogen) atoms. The Labute approximate surface area is 215 Å². The number of carboxylic acid groups (broad SMARTS) is 5. The molecule has 0 saturated heterocycles. The van der Waals surface area contributed by atoms with Crippen molar-refractivity contribution in [2.45, 2.75) is 12.8 Å². The van der Waals surface area contributed by atoms with Crippen LogP contribution in [0.5, 0.6) is 0 Å². The van der Waals surface area contributed by atoms with Crippen LogP contribution in [0.2, 0.25) is 0 Å². The Kier molecular flexibility index (Phi) is 20.2. The van der Waals surface area contributed by atoms with Gasteiger partial charge in [0.25, 0.3) is 30.4 Å². The zero-order valence-corrected chi connectivity index (χ0v) is 21.9. The van der Waals surface area contributed by atoms with Gasteiger partial charge in [-0.2, -0.15) is 25.3 Å². The molecule has 0 aliphatic rings. The van der Waals surface area contributed by atoms with Gasteiger partial charge in [-0.1, -0.05) is 0 Å². The van der Waals surface area contributed by atoms with E-state index in [2.05, 4.69) is 0 Å². The van der Waals surface area contributed by atoms with E-state index in [0.717, 1.165) is 18.2 Å². The number of aromatic carboxylic acids is 3. The minimum absolute atomic E-state index is 0.266. The predicted octanol–water partition coefficient (Wildman–Crippen LogP) is -0.771. The van der Waals surface area contributed by atoms with E-state index in [9.17, 15) is 49.2 Å². The highest BCUT2D eigenvalue weighted by molar-refractivity contribution is 7.85. The Morgan fingerprint density at radius 1 is 0.553 bits per heavy atom. The van der Waals surface area contributed by atoms with Crippen molar-refractivity contribution in [1.29, 1.82) is 0 Å². The number of carboxylic acids is 5. The van der Waals surface area contributed by atoms with Crippen molar-refractivity contribution in [2.24, 2.45) is 0 Å². The Bertz CT molecular complexity index is 1180. The molecule has 220 valence electrons. The molecular weight excluding hydrogens is 592 g/mol. The van der Waals surface area contributed by atoms with Gasteiger partial charge < -0.3 is 25.5 Å². The molecule has 22 heteroatoms. The first-order chi connectivity index (χ1) is 16.6. The summed E-state index contributed by atoms with van der Waals surface area (Å²) in [6, 6.07) is 2.81. The van der Waals surface area contributed by atoms with Crippen LogP contribution in [0.1, 0.15) is 43.9 Å². The fraction of sp³-hybridized carbons (Fsp3) is 0.312. The predicted molar refractivity (Wildman–Crippen MR) is 124 cm³/mol. The van der Waals surface area contributed by atoms with Crippen LogP contribution in [0, 0.1) is 0 Å². The molecule has 0 unspecified atom stereocenters.